The zero-order valence-corrected chi connectivity index (χ0v) is 16.5. The summed E-state index contributed by atoms with van der Waals surface area (Å²) >= 11 is 0. The number of nitrogens with zero attached hydrogens (tertiary/aromatic N) is 2. The van der Waals surface area contributed by atoms with Gasteiger partial charge in [0.15, 0.2) is 0 Å². The predicted octanol–water partition coefficient (Wildman–Crippen LogP) is 2.44. The average molecular weight is 380 g/mol. The minimum Gasteiger partial charge on any atom is -0.326 e. The Morgan fingerprint density at radius 3 is 2.32 bits per heavy atom. The number of carbonyl (C=O) groups is 2. The Hall–Kier alpha value is -2.70. The van der Waals surface area contributed by atoms with Gasteiger partial charge in [-0.25, -0.2) is 0 Å². The fraction of sp³-hybridized carbons (Fsp3) is 0.364. The molecule has 0 unspecified atom stereocenters. The molecule has 2 N–H and O–H groups in total. The van der Waals surface area contributed by atoms with Crippen LogP contribution in [0.2, 0.25) is 0 Å². The third-order valence-electron chi connectivity index (χ3n) is 4.98. The number of nitrogens with one attached hydrogen (secondary N) is 2. The summed E-state index contributed by atoms with van der Waals surface area (Å²) in [4.78, 5) is 29.0. The van der Waals surface area contributed by atoms with Crippen molar-refractivity contribution in [3.8, 4) is 0 Å². The fourth-order valence-electron chi connectivity index (χ4n) is 3.44. The van der Waals surface area contributed by atoms with Crippen molar-refractivity contribution in [2.75, 3.05) is 44.4 Å². The van der Waals surface area contributed by atoms with Gasteiger partial charge in [0.1, 0.15) is 0 Å². The Morgan fingerprint density at radius 2 is 1.68 bits per heavy atom. The van der Waals surface area contributed by atoms with Gasteiger partial charge in [0.25, 0.3) is 0 Å². The van der Waals surface area contributed by atoms with Gasteiger partial charge in [-0.15, -0.1) is 0 Å². The van der Waals surface area contributed by atoms with Gasteiger partial charge >= 0.3 is 0 Å². The van der Waals surface area contributed by atoms with Crippen molar-refractivity contribution in [2.24, 2.45) is 0 Å². The molecular weight excluding hydrogens is 352 g/mol. The number of carbonyl (C=O) groups excluding carboxylic acids is 2. The molecule has 0 radical (unpaired) electrons. The molecule has 2 aromatic carbocycles. The number of rotatable bonds is 7. The molecule has 2 aromatic rings. The number of benzene rings is 2. The number of amides is 2. The lowest BCUT2D eigenvalue weighted by atomic mass is 10.1. The third-order valence-corrected chi connectivity index (χ3v) is 4.98. The zero-order valence-electron chi connectivity index (χ0n) is 16.5. The van der Waals surface area contributed by atoms with E-state index < -0.39 is 0 Å². The molecular formula is C22H28N4O2. The highest BCUT2D eigenvalue weighted by Crippen LogP contribution is 2.17. The molecule has 1 saturated heterocycles. The second-order valence-corrected chi connectivity index (χ2v) is 7.48. The van der Waals surface area contributed by atoms with Gasteiger partial charge in [0.2, 0.25) is 11.8 Å². The lowest BCUT2D eigenvalue weighted by Crippen LogP contribution is -2.35. The van der Waals surface area contributed by atoms with Crippen molar-refractivity contribution < 1.29 is 9.59 Å². The topological polar surface area (TPSA) is 64.7 Å². The molecule has 1 atom stereocenters. The highest BCUT2D eigenvalue weighted by molar-refractivity contribution is 5.95. The van der Waals surface area contributed by atoms with Crippen molar-refractivity contribution in [1.29, 1.82) is 0 Å². The maximum Gasteiger partial charge on any atom is 0.238 e. The Kier molecular flexibility index (Phi) is 6.79. The molecule has 6 heteroatoms. The number of likely N-dealkylation sites (tertiary alicyclic amines) is 1. The first-order valence-electron chi connectivity index (χ1n) is 9.62. The van der Waals surface area contributed by atoms with Crippen LogP contribution in [0.25, 0.3) is 0 Å². The van der Waals surface area contributed by atoms with Gasteiger partial charge in [-0.2, -0.15) is 0 Å². The van der Waals surface area contributed by atoms with Crippen molar-refractivity contribution in [3.63, 3.8) is 0 Å². The van der Waals surface area contributed by atoms with Gasteiger partial charge in [-0.3, -0.25) is 14.5 Å². The molecule has 0 aliphatic carbocycles. The standard InChI is InChI=1S/C22H28N4O2/c1-25(2)20-11-12-26(15-20)16-22(28)24-19-10-6-9-18(14-19)23-21(27)13-17-7-4-3-5-8-17/h3-10,14,20H,11-13,15-16H2,1-2H3,(H,23,27)(H,24,28)/t20-/m1/s1. The summed E-state index contributed by atoms with van der Waals surface area (Å²) in [6, 6.07) is 17.4. The second kappa shape index (κ2) is 9.48. The van der Waals surface area contributed by atoms with Gasteiger partial charge in [-0.05, 0) is 44.3 Å². The molecule has 148 valence electrons. The molecule has 1 aliphatic rings. The van der Waals surface area contributed by atoms with Crippen LogP contribution in [-0.4, -0.2) is 61.4 Å². The first-order valence-corrected chi connectivity index (χ1v) is 9.62. The van der Waals surface area contributed by atoms with Crippen molar-refractivity contribution in [2.45, 2.75) is 18.9 Å². The lowest BCUT2D eigenvalue weighted by molar-refractivity contribution is -0.117. The van der Waals surface area contributed by atoms with E-state index in [1.807, 2.05) is 48.5 Å². The third kappa shape index (κ3) is 5.90. The summed E-state index contributed by atoms with van der Waals surface area (Å²) in [7, 11) is 4.15. The summed E-state index contributed by atoms with van der Waals surface area (Å²) in [5, 5.41) is 5.82. The maximum atomic E-state index is 12.4. The molecule has 3 rings (SSSR count). The fourth-order valence-corrected chi connectivity index (χ4v) is 3.44. The van der Waals surface area contributed by atoms with Gasteiger partial charge < -0.3 is 15.5 Å². The lowest BCUT2D eigenvalue weighted by Gasteiger charge is -2.20. The molecule has 2 amide bonds. The van der Waals surface area contributed by atoms with Crippen LogP contribution in [0.5, 0.6) is 0 Å². The van der Waals surface area contributed by atoms with E-state index in [4.69, 9.17) is 0 Å². The summed E-state index contributed by atoms with van der Waals surface area (Å²) in [6.45, 7) is 2.23. The van der Waals surface area contributed by atoms with E-state index in [-0.39, 0.29) is 11.8 Å². The van der Waals surface area contributed by atoms with E-state index in [1.54, 1.807) is 6.07 Å². The van der Waals surface area contributed by atoms with E-state index in [0.29, 0.717) is 30.4 Å². The molecule has 0 spiro atoms. The molecule has 6 nitrogen and oxygen atoms in total. The Labute approximate surface area is 166 Å². The van der Waals surface area contributed by atoms with Gasteiger partial charge in [0, 0.05) is 30.5 Å². The van der Waals surface area contributed by atoms with Crippen LogP contribution in [0.3, 0.4) is 0 Å². The predicted molar refractivity (Wildman–Crippen MR) is 112 cm³/mol. The highest BCUT2D eigenvalue weighted by atomic mass is 16.2. The first kappa shape index (κ1) is 20.0. The molecule has 1 fully saturated rings. The van der Waals surface area contributed by atoms with Crippen LogP contribution >= 0.6 is 0 Å². The summed E-state index contributed by atoms with van der Waals surface area (Å²) in [6.07, 6.45) is 1.41. The largest absolute Gasteiger partial charge is 0.326 e. The van der Waals surface area contributed by atoms with Crippen molar-refractivity contribution in [3.05, 3.63) is 60.2 Å². The molecule has 0 bridgehead atoms. The van der Waals surface area contributed by atoms with Crippen molar-refractivity contribution in [1.82, 2.24) is 9.80 Å². The average Bonchev–Trinajstić information content (AvgIpc) is 3.11. The maximum absolute atomic E-state index is 12.4. The normalized spacial score (nSPS) is 16.9. The molecule has 0 saturated carbocycles. The van der Waals surface area contributed by atoms with Crippen LogP contribution in [0.4, 0.5) is 11.4 Å². The Morgan fingerprint density at radius 1 is 1.00 bits per heavy atom. The molecule has 1 aliphatic heterocycles. The second-order valence-electron chi connectivity index (χ2n) is 7.48. The van der Waals surface area contributed by atoms with E-state index >= 15 is 0 Å². The van der Waals surface area contributed by atoms with Crippen LogP contribution in [0.15, 0.2) is 54.6 Å². The minimum atomic E-state index is -0.0820. The van der Waals surface area contributed by atoms with Crippen LogP contribution in [0, 0.1) is 0 Å². The van der Waals surface area contributed by atoms with Crippen LogP contribution in [-0.2, 0) is 16.0 Å². The summed E-state index contributed by atoms with van der Waals surface area (Å²) in [5.74, 6) is -0.117. The zero-order chi connectivity index (χ0) is 19.9. The SMILES string of the molecule is CN(C)[C@@H]1CCN(CC(=O)Nc2cccc(NC(=O)Cc3ccccc3)c2)C1. The number of likely N-dealkylation sites (N-methyl/N-ethyl adjacent to an activating group) is 1. The van der Waals surface area contributed by atoms with Crippen LogP contribution < -0.4 is 10.6 Å². The molecule has 0 aromatic heterocycles. The highest BCUT2D eigenvalue weighted by Gasteiger charge is 2.25. The molecule has 1 heterocycles. The number of anilines is 2. The van der Waals surface area contributed by atoms with Crippen LogP contribution in [0.1, 0.15) is 12.0 Å². The van der Waals surface area contributed by atoms with Gasteiger partial charge in [-0.1, -0.05) is 36.4 Å². The first-order chi connectivity index (χ1) is 13.5. The van der Waals surface area contributed by atoms with E-state index in [1.165, 1.54) is 0 Å². The molecule has 28 heavy (non-hydrogen) atoms. The van der Waals surface area contributed by atoms with E-state index in [9.17, 15) is 9.59 Å². The Bertz CT molecular complexity index is 807. The van der Waals surface area contributed by atoms with E-state index in [2.05, 4.69) is 34.5 Å². The smallest absolute Gasteiger partial charge is 0.238 e. The summed E-state index contributed by atoms with van der Waals surface area (Å²) in [5.41, 5.74) is 2.32. The monoisotopic (exact) mass is 380 g/mol. The quantitative estimate of drug-likeness (QED) is 0.774. The van der Waals surface area contributed by atoms with E-state index in [0.717, 1.165) is 25.1 Å². The number of hydrogen-bond donors (Lipinski definition) is 2. The minimum absolute atomic E-state index is 0.0350. The Balaban J connectivity index is 1.50. The van der Waals surface area contributed by atoms with Crippen molar-refractivity contribution >= 4 is 23.2 Å². The van der Waals surface area contributed by atoms with Gasteiger partial charge in [0.05, 0.1) is 13.0 Å². The number of hydrogen-bond acceptors (Lipinski definition) is 4. The summed E-state index contributed by atoms with van der Waals surface area (Å²) < 4.78 is 0.